The molecule has 0 saturated heterocycles. The van der Waals surface area contributed by atoms with Crippen LogP contribution in [0.5, 0.6) is 5.75 Å². The molecule has 1 nitrogen and oxygen atoms in total. The van der Waals surface area contributed by atoms with Gasteiger partial charge in [-0.3, -0.25) is 0 Å². The molecule has 0 amide bonds. The van der Waals surface area contributed by atoms with Crippen LogP contribution in [0, 0.1) is 13.8 Å². The molecule has 0 saturated carbocycles. The first-order valence-electron chi connectivity index (χ1n) is 8.77. The first kappa shape index (κ1) is 18.2. The monoisotopic (exact) mass is 364 g/mol. The van der Waals surface area contributed by atoms with Crippen molar-refractivity contribution in [2.24, 2.45) is 0 Å². The number of rotatable bonds is 0. The summed E-state index contributed by atoms with van der Waals surface area (Å²) >= 11 is 6.09. The third kappa shape index (κ3) is 3.98. The van der Waals surface area contributed by atoms with Gasteiger partial charge in [-0.05, 0) is 56.2 Å². The summed E-state index contributed by atoms with van der Waals surface area (Å²) in [5, 5.41) is 0.784. The number of benzene rings is 2. The Bertz CT molecular complexity index is 771. The fourth-order valence-electron chi connectivity index (χ4n) is 3.41. The summed E-state index contributed by atoms with van der Waals surface area (Å²) in [7, 11) is 0. The molecular weight excluding hydrogens is 342 g/mol. The van der Waals surface area contributed by atoms with Crippen LogP contribution in [-0.2, 0) is 18.8 Å². The van der Waals surface area contributed by atoms with E-state index in [1.165, 1.54) is 5.56 Å². The Balaban J connectivity index is 0.000000146. The number of aryl methyl sites for hydroxylation is 4. The van der Waals surface area contributed by atoms with E-state index >= 15 is 0 Å². The summed E-state index contributed by atoms with van der Waals surface area (Å²) in [4.78, 5) is 0. The van der Waals surface area contributed by atoms with Crippen molar-refractivity contribution in [1.29, 1.82) is 0 Å². The summed E-state index contributed by atoms with van der Waals surface area (Å²) in [5.74, 6) is -1.69. The highest BCUT2D eigenvalue weighted by molar-refractivity contribution is 6.32. The van der Waals surface area contributed by atoms with Crippen LogP contribution >= 0.6 is 11.6 Å². The molecule has 134 valence electrons. The molecule has 1 aliphatic heterocycles. The van der Waals surface area contributed by atoms with Crippen LogP contribution in [0.4, 0.5) is 8.78 Å². The molecule has 0 unspecified atom stereocenters. The van der Waals surface area contributed by atoms with E-state index in [1.807, 2.05) is 19.9 Å². The molecule has 0 atom stereocenters. The Hall–Kier alpha value is -1.61. The fraction of sp³-hybridized carbons (Fsp3) is 0.429. The lowest BCUT2D eigenvalue weighted by Gasteiger charge is -2.25. The van der Waals surface area contributed by atoms with E-state index in [0.717, 1.165) is 53.3 Å². The van der Waals surface area contributed by atoms with Crippen molar-refractivity contribution in [1.82, 2.24) is 0 Å². The first-order valence-corrected chi connectivity index (χ1v) is 9.15. The topological polar surface area (TPSA) is 9.23 Å². The minimum atomic E-state index is -2.60. The standard InChI is InChI=1S/C11H12F2.C10H11ClO/c1-8-4-5-10-9(7-8)3-2-6-11(10,12)13;1-7-4-5-8-3-2-6-12-10(8)9(7)11/h4-5,7H,2-3,6H2,1H3;4-5H,2-3,6H2,1H3. The van der Waals surface area contributed by atoms with E-state index in [0.29, 0.717) is 6.42 Å². The van der Waals surface area contributed by atoms with Crippen molar-refractivity contribution in [3.05, 3.63) is 63.2 Å². The molecule has 0 N–H and O–H groups in total. The quantitative estimate of drug-likeness (QED) is 0.525. The highest BCUT2D eigenvalue weighted by atomic mass is 35.5. The molecule has 4 rings (SSSR count). The molecule has 2 aliphatic rings. The van der Waals surface area contributed by atoms with Gasteiger partial charge in [-0.1, -0.05) is 47.5 Å². The summed E-state index contributed by atoms with van der Waals surface area (Å²) in [6.45, 7) is 4.74. The van der Waals surface area contributed by atoms with Crippen molar-refractivity contribution in [3.63, 3.8) is 0 Å². The minimum Gasteiger partial charge on any atom is -0.492 e. The maximum absolute atomic E-state index is 13.3. The van der Waals surface area contributed by atoms with Gasteiger partial charge in [-0.2, -0.15) is 0 Å². The molecule has 0 spiro atoms. The van der Waals surface area contributed by atoms with Gasteiger partial charge in [-0.25, -0.2) is 8.78 Å². The highest BCUT2D eigenvalue weighted by Crippen LogP contribution is 2.40. The van der Waals surface area contributed by atoms with E-state index in [4.69, 9.17) is 16.3 Å². The van der Waals surface area contributed by atoms with Crippen molar-refractivity contribution in [3.8, 4) is 5.75 Å². The Labute approximate surface area is 153 Å². The van der Waals surface area contributed by atoms with E-state index in [9.17, 15) is 8.78 Å². The predicted molar refractivity (Wildman–Crippen MR) is 98.0 cm³/mol. The van der Waals surface area contributed by atoms with Gasteiger partial charge in [0, 0.05) is 12.0 Å². The lowest BCUT2D eigenvalue weighted by Crippen LogP contribution is -2.20. The molecule has 0 radical (unpaired) electrons. The molecule has 1 heterocycles. The zero-order valence-corrected chi connectivity index (χ0v) is 15.4. The van der Waals surface area contributed by atoms with Gasteiger partial charge in [-0.15, -0.1) is 0 Å². The second kappa shape index (κ2) is 7.33. The number of hydrogen-bond acceptors (Lipinski definition) is 1. The maximum Gasteiger partial charge on any atom is 0.273 e. The summed E-state index contributed by atoms with van der Waals surface area (Å²) in [6.07, 6.45) is 3.60. The van der Waals surface area contributed by atoms with Crippen LogP contribution in [0.3, 0.4) is 0 Å². The maximum atomic E-state index is 13.3. The van der Waals surface area contributed by atoms with Gasteiger partial charge >= 0.3 is 0 Å². The van der Waals surface area contributed by atoms with Gasteiger partial charge in [0.2, 0.25) is 0 Å². The number of alkyl halides is 2. The van der Waals surface area contributed by atoms with E-state index in [1.54, 1.807) is 12.1 Å². The van der Waals surface area contributed by atoms with Crippen LogP contribution < -0.4 is 4.74 Å². The van der Waals surface area contributed by atoms with Gasteiger partial charge in [0.25, 0.3) is 5.92 Å². The molecule has 25 heavy (non-hydrogen) atoms. The highest BCUT2D eigenvalue weighted by Gasteiger charge is 2.36. The van der Waals surface area contributed by atoms with Gasteiger partial charge in [0.05, 0.1) is 11.6 Å². The lowest BCUT2D eigenvalue weighted by atomic mass is 9.88. The Morgan fingerprint density at radius 2 is 1.76 bits per heavy atom. The summed E-state index contributed by atoms with van der Waals surface area (Å²) < 4.78 is 32.2. The minimum absolute atomic E-state index is 0.00304. The third-order valence-corrected chi connectivity index (χ3v) is 5.27. The molecule has 0 fully saturated rings. The number of hydrogen-bond donors (Lipinski definition) is 0. The largest absolute Gasteiger partial charge is 0.492 e. The first-order chi connectivity index (χ1) is 11.9. The summed E-state index contributed by atoms with van der Waals surface area (Å²) in [6, 6.07) is 9.37. The van der Waals surface area contributed by atoms with Gasteiger partial charge < -0.3 is 4.74 Å². The lowest BCUT2D eigenvalue weighted by molar-refractivity contribution is -0.0216. The number of ether oxygens (including phenoxy) is 1. The van der Waals surface area contributed by atoms with Crippen molar-refractivity contribution >= 4 is 11.6 Å². The van der Waals surface area contributed by atoms with E-state index in [2.05, 4.69) is 12.1 Å². The smallest absolute Gasteiger partial charge is 0.273 e. The molecule has 4 heteroatoms. The normalized spacial score (nSPS) is 17.5. The van der Waals surface area contributed by atoms with Crippen molar-refractivity contribution < 1.29 is 13.5 Å². The molecule has 0 bridgehead atoms. The third-order valence-electron chi connectivity index (χ3n) is 4.80. The van der Waals surface area contributed by atoms with E-state index < -0.39 is 5.92 Å². The molecule has 0 aromatic heterocycles. The van der Waals surface area contributed by atoms with Crippen LogP contribution in [-0.4, -0.2) is 6.61 Å². The number of halogens is 3. The fourth-order valence-corrected chi connectivity index (χ4v) is 3.64. The molecule has 2 aromatic carbocycles. The summed E-state index contributed by atoms with van der Waals surface area (Å²) in [5.41, 5.74) is 4.48. The van der Waals surface area contributed by atoms with Crippen LogP contribution in [0.2, 0.25) is 5.02 Å². The van der Waals surface area contributed by atoms with Crippen LogP contribution in [0.1, 0.15) is 47.1 Å². The predicted octanol–water partition coefficient (Wildman–Crippen LogP) is 6.40. The number of fused-ring (bicyclic) bond motifs is 2. The van der Waals surface area contributed by atoms with Gasteiger partial charge in [0.1, 0.15) is 5.75 Å². The van der Waals surface area contributed by atoms with Crippen LogP contribution in [0.15, 0.2) is 30.3 Å². The Morgan fingerprint density at radius 1 is 1.00 bits per heavy atom. The zero-order chi connectivity index (χ0) is 18.0. The van der Waals surface area contributed by atoms with E-state index in [-0.39, 0.29) is 12.0 Å². The molecule has 2 aromatic rings. The SMILES string of the molecule is Cc1ccc2c(c1)CCCC2(F)F.Cc1ccc2c(c1Cl)OCCC2. The Kier molecular flexibility index (Phi) is 5.33. The van der Waals surface area contributed by atoms with Crippen molar-refractivity contribution in [2.45, 2.75) is 51.9 Å². The molecular formula is C21H23ClF2O. The zero-order valence-electron chi connectivity index (χ0n) is 14.7. The Morgan fingerprint density at radius 3 is 2.56 bits per heavy atom. The second-order valence-electron chi connectivity index (χ2n) is 6.86. The van der Waals surface area contributed by atoms with Gasteiger partial charge in [0.15, 0.2) is 0 Å². The second-order valence-corrected chi connectivity index (χ2v) is 7.23. The van der Waals surface area contributed by atoms with Crippen LogP contribution in [0.25, 0.3) is 0 Å². The van der Waals surface area contributed by atoms with Crippen molar-refractivity contribution in [2.75, 3.05) is 6.61 Å². The average molecular weight is 365 g/mol. The average Bonchev–Trinajstić information content (AvgIpc) is 2.58. The molecule has 1 aliphatic carbocycles.